The molecule has 104 valence electrons. The number of ether oxygens (including phenoxy) is 2. The second kappa shape index (κ2) is 6.72. The lowest BCUT2D eigenvalue weighted by Gasteiger charge is -2.11. The van der Waals surface area contributed by atoms with E-state index in [-0.39, 0.29) is 17.4 Å². The zero-order valence-corrected chi connectivity index (χ0v) is 10.9. The Morgan fingerprint density at radius 2 is 2.00 bits per heavy atom. The van der Waals surface area contributed by atoms with E-state index in [0.29, 0.717) is 5.69 Å². The van der Waals surface area contributed by atoms with E-state index in [0.717, 1.165) is 5.57 Å². The van der Waals surface area contributed by atoms with Crippen LogP contribution in [0.25, 0.3) is 0 Å². The van der Waals surface area contributed by atoms with Crippen molar-refractivity contribution in [2.75, 3.05) is 12.4 Å². The summed E-state index contributed by atoms with van der Waals surface area (Å²) in [7, 11) is 1.34. The molecule has 19 heavy (non-hydrogen) atoms. The number of benzene rings is 1. The van der Waals surface area contributed by atoms with Crippen LogP contribution in [0, 0.1) is 0 Å². The van der Waals surface area contributed by atoms with E-state index < -0.39 is 6.61 Å². The Labute approximate surface area is 110 Å². The van der Waals surface area contributed by atoms with E-state index in [9.17, 15) is 13.6 Å². The Hall–Kier alpha value is -2.11. The molecule has 1 amide bonds. The second-order valence-electron chi connectivity index (χ2n) is 3.96. The molecular weight excluding hydrogens is 256 g/mol. The lowest BCUT2D eigenvalue weighted by atomic mass is 10.2. The summed E-state index contributed by atoms with van der Waals surface area (Å²) in [5.74, 6) is -0.304. The summed E-state index contributed by atoms with van der Waals surface area (Å²) < 4.78 is 33.7. The highest BCUT2D eigenvalue weighted by Gasteiger charge is 2.11. The van der Waals surface area contributed by atoms with E-state index >= 15 is 0 Å². The molecule has 4 nitrogen and oxygen atoms in total. The predicted molar refractivity (Wildman–Crippen MR) is 67.7 cm³/mol. The molecule has 1 aromatic rings. The molecule has 1 aromatic carbocycles. The normalized spacial score (nSPS) is 10.0. The lowest BCUT2D eigenvalue weighted by molar-refractivity contribution is -0.111. The van der Waals surface area contributed by atoms with Gasteiger partial charge in [-0.15, -0.1) is 0 Å². The third kappa shape index (κ3) is 4.95. The molecule has 0 aliphatic heterocycles. The van der Waals surface area contributed by atoms with Crippen LogP contribution in [-0.4, -0.2) is 19.6 Å². The van der Waals surface area contributed by atoms with Crippen molar-refractivity contribution in [3.05, 3.63) is 29.8 Å². The van der Waals surface area contributed by atoms with E-state index in [2.05, 4.69) is 10.1 Å². The molecule has 0 fully saturated rings. The van der Waals surface area contributed by atoms with Crippen LogP contribution in [0.5, 0.6) is 11.5 Å². The highest BCUT2D eigenvalue weighted by atomic mass is 19.3. The molecule has 0 radical (unpaired) electrons. The number of nitrogens with one attached hydrogen (secondary N) is 1. The van der Waals surface area contributed by atoms with Crippen molar-refractivity contribution in [3.63, 3.8) is 0 Å². The van der Waals surface area contributed by atoms with E-state index in [1.54, 1.807) is 13.8 Å². The Balaban J connectivity index is 2.91. The first-order valence-corrected chi connectivity index (χ1v) is 5.51. The number of allylic oxidation sites excluding steroid dienone is 1. The van der Waals surface area contributed by atoms with Gasteiger partial charge in [0.25, 0.3) is 0 Å². The predicted octanol–water partition coefficient (Wildman–Crippen LogP) is 3.20. The van der Waals surface area contributed by atoms with Crippen LogP contribution in [-0.2, 0) is 4.79 Å². The van der Waals surface area contributed by atoms with Crippen LogP contribution < -0.4 is 14.8 Å². The summed E-state index contributed by atoms with van der Waals surface area (Å²) in [5.41, 5.74) is 1.18. The number of carbonyl (C=O) groups is 1. The van der Waals surface area contributed by atoms with Gasteiger partial charge in [0.2, 0.25) is 5.91 Å². The Bertz CT molecular complexity index is 483. The maximum Gasteiger partial charge on any atom is 0.387 e. The molecule has 1 rings (SSSR count). The summed E-state index contributed by atoms with van der Waals surface area (Å²) in [6.07, 6.45) is 1.40. The monoisotopic (exact) mass is 271 g/mol. The van der Waals surface area contributed by atoms with Gasteiger partial charge in [-0.1, -0.05) is 5.57 Å². The van der Waals surface area contributed by atoms with Gasteiger partial charge in [0, 0.05) is 17.8 Å². The molecule has 0 bridgehead atoms. The molecular formula is C13H15F2NO3. The van der Waals surface area contributed by atoms with Crippen LogP contribution in [0.1, 0.15) is 13.8 Å². The maximum absolute atomic E-state index is 12.2. The van der Waals surface area contributed by atoms with Crippen LogP contribution in [0.15, 0.2) is 29.8 Å². The standard InChI is InChI=1S/C13H15F2NO3/c1-8(2)6-12(17)16-9-4-5-10(18-3)11(7-9)19-13(14)15/h4-7,13H,1-3H3,(H,16,17). The van der Waals surface area contributed by atoms with Gasteiger partial charge in [0.15, 0.2) is 11.5 Å². The minimum Gasteiger partial charge on any atom is -0.493 e. The van der Waals surface area contributed by atoms with Gasteiger partial charge in [0.1, 0.15) is 0 Å². The Morgan fingerprint density at radius 1 is 1.32 bits per heavy atom. The number of alkyl halides is 2. The number of rotatable bonds is 5. The highest BCUT2D eigenvalue weighted by molar-refractivity contribution is 5.99. The fourth-order valence-electron chi connectivity index (χ4n) is 1.38. The van der Waals surface area contributed by atoms with Crippen molar-refractivity contribution in [3.8, 4) is 11.5 Å². The zero-order chi connectivity index (χ0) is 14.4. The molecule has 0 spiro atoms. The van der Waals surface area contributed by atoms with E-state index in [1.807, 2.05) is 0 Å². The third-order valence-corrected chi connectivity index (χ3v) is 2.07. The Kier molecular flexibility index (Phi) is 5.29. The van der Waals surface area contributed by atoms with Gasteiger partial charge in [-0.25, -0.2) is 0 Å². The molecule has 6 heteroatoms. The number of hydrogen-bond acceptors (Lipinski definition) is 3. The Morgan fingerprint density at radius 3 is 2.53 bits per heavy atom. The van der Waals surface area contributed by atoms with Crippen LogP contribution in [0.3, 0.4) is 0 Å². The van der Waals surface area contributed by atoms with Gasteiger partial charge < -0.3 is 14.8 Å². The van der Waals surface area contributed by atoms with E-state index in [1.165, 1.54) is 31.4 Å². The minimum absolute atomic E-state index is 0.132. The summed E-state index contributed by atoms with van der Waals surface area (Å²) in [4.78, 5) is 11.5. The van der Waals surface area contributed by atoms with Crippen molar-refractivity contribution in [1.29, 1.82) is 0 Å². The van der Waals surface area contributed by atoms with Crippen molar-refractivity contribution in [2.45, 2.75) is 20.5 Å². The number of halogens is 2. The van der Waals surface area contributed by atoms with Gasteiger partial charge >= 0.3 is 6.61 Å². The number of carbonyl (C=O) groups excluding carboxylic acids is 1. The fraction of sp³-hybridized carbons (Fsp3) is 0.308. The lowest BCUT2D eigenvalue weighted by Crippen LogP contribution is -2.09. The van der Waals surface area contributed by atoms with Crippen molar-refractivity contribution < 1.29 is 23.0 Å². The molecule has 0 heterocycles. The topological polar surface area (TPSA) is 47.6 Å². The molecule has 0 aromatic heterocycles. The summed E-state index contributed by atoms with van der Waals surface area (Å²) in [6.45, 7) is 0.593. The van der Waals surface area contributed by atoms with Crippen molar-refractivity contribution in [1.82, 2.24) is 0 Å². The largest absolute Gasteiger partial charge is 0.493 e. The highest BCUT2D eigenvalue weighted by Crippen LogP contribution is 2.31. The molecule has 0 unspecified atom stereocenters. The number of methoxy groups -OCH3 is 1. The van der Waals surface area contributed by atoms with Crippen LogP contribution in [0.4, 0.5) is 14.5 Å². The van der Waals surface area contributed by atoms with Gasteiger partial charge in [-0.05, 0) is 26.0 Å². The quantitative estimate of drug-likeness (QED) is 0.836. The maximum atomic E-state index is 12.2. The van der Waals surface area contributed by atoms with Gasteiger partial charge in [0.05, 0.1) is 7.11 Å². The first kappa shape index (κ1) is 14.9. The first-order valence-electron chi connectivity index (χ1n) is 5.51. The smallest absolute Gasteiger partial charge is 0.387 e. The molecule has 0 saturated heterocycles. The molecule has 1 N–H and O–H groups in total. The average molecular weight is 271 g/mol. The number of amides is 1. The van der Waals surface area contributed by atoms with Crippen LogP contribution >= 0.6 is 0 Å². The zero-order valence-electron chi connectivity index (χ0n) is 10.9. The molecule has 0 aliphatic carbocycles. The van der Waals surface area contributed by atoms with Gasteiger partial charge in [-0.3, -0.25) is 4.79 Å². The average Bonchev–Trinajstić information content (AvgIpc) is 2.27. The van der Waals surface area contributed by atoms with Crippen LogP contribution in [0.2, 0.25) is 0 Å². The van der Waals surface area contributed by atoms with Gasteiger partial charge in [-0.2, -0.15) is 8.78 Å². The van der Waals surface area contributed by atoms with Crippen molar-refractivity contribution in [2.24, 2.45) is 0 Å². The third-order valence-electron chi connectivity index (χ3n) is 2.07. The summed E-state index contributed by atoms with van der Waals surface area (Å²) in [6, 6.07) is 4.26. The van der Waals surface area contributed by atoms with Crippen molar-refractivity contribution >= 4 is 11.6 Å². The number of anilines is 1. The second-order valence-corrected chi connectivity index (χ2v) is 3.96. The molecule has 0 atom stereocenters. The summed E-state index contributed by atoms with van der Waals surface area (Å²) in [5, 5.41) is 2.54. The summed E-state index contributed by atoms with van der Waals surface area (Å²) >= 11 is 0. The number of hydrogen-bond donors (Lipinski definition) is 1. The molecule has 0 aliphatic rings. The molecule has 0 saturated carbocycles. The van der Waals surface area contributed by atoms with E-state index in [4.69, 9.17) is 4.74 Å². The minimum atomic E-state index is -2.96. The first-order chi connectivity index (χ1) is 8.92. The SMILES string of the molecule is COc1ccc(NC(=O)C=C(C)C)cc1OC(F)F. The fourth-order valence-corrected chi connectivity index (χ4v) is 1.38.